The van der Waals surface area contributed by atoms with Gasteiger partial charge in [-0.05, 0) is 38.0 Å². The summed E-state index contributed by atoms with van der Waals surface area (Å²) in [5, 5.41) is 11.1. The number of nitrogens with zero attached hydrogens (tertiary/aromatic N) is 3. The summed E-state index contributed by atoms with van der Waals surface area (Å²) in [4.78, 5) is 29.7. The van der Waals surface area contributed by atoms with E-state index >= 15 is 0 Å². The summed E-state index contributed by atoms with van der Waals surface area (Å²) in [6, 6.07) is 12.3. The van der Waals surface area contributed by atoms with E-state index < -0.39 is 4.92 Å². The molecule has 0 N–H and O–H groups in total. The Balaban J connectivity index is 1.46. The molecule has 1 fully saturated rings. The van der Waals surface area contributed by atoms with E-state index in [1.54, 1.807) is 24.0 Å². The number of likely N-dealkylation sites (tertiary alicyclic amines) is 1. The maximum absolute atomic E-state index is 12.7. The molecule has 7 heteroatoms. The molecule has 0 unspecified atom stereocenters. The highest BCUT2D eigenvalue weighted by molar-refractivity contribution is 5.95. The molecule has 1 amide bonds. The van der Waals surface area contributed by atoms with Crippen LogP contribution in [-0.4, -0.2) is 33.8 Å². The summed E-state index contributed by atoms with van der Waals surface area (Å²) in [6.45, 7) is 2.81. The van der Waals surface area contributed by atoms with Crippen LogP contribution in [0.1, 0.15) is 40.6 Å². The minimum Gasteiger partial charge on any atom is -0.440 e. The van der Waals surface area contributed by atoms with Gasteiger partial charge in [-0.3, -0.25) is 14.9 Å². The van der Waals surface area contributed by atoms with Crippen molar-refractivity contribution in [2.75, 3.05) is 13.1 Å². The summed E-state index contributed by atoms with van der Waals surface area (Å²) in [5.74, 6) is 0.720. The number of hydrogen-bond donors (Lipinski definition) is 0. The molecule has 27 heavy (non-hydrogen) atoms. The van der Waals surface area contributed by atoms with E-state index in [2.05, 4.69) is 4.98 Å². The van der Waals surface area contributed by atoms with E-state index in [9.17, 15) is 14.9 Å². The fraction of sp³-hybridized carbons (Fsp3) is 0.300. The normalized spacial score (nSPS) is 15.2. The number of benzene rings is 2. The Hall–Kier alpha value is -3.22. The number of amides is 1. The van der Waals surface area contributed by atoms with Crippen LogP contribution in [0.3, 0.4) is 0 Å². The fourth-order valence-electron chi connectivity index (χ4n) is 3.52. The van der Waals surface area contributed by atoms with Crippen molar-refractivity contribution in [3.63, 3.8) is 0 Å². The summed E-state index contributed by atoms with van der Waals surface area (Å²) in [5.41, 5.74) is 2.50. The number of aryl methyl sites for hydroxylation is 1. The molecule has 138 valence electrons. The lowest BCUT2D eigenvalue weighted by Gasteiger charge is -2.30. The zero-order valence-electron chi connectivity index (χ0n) is 14.9. The number of fused-ring (bicyclic) bond motifs is 1. The summed E-state index contributed by atoms with van der Waals surface area (Å²) in [7, 11) is 0. The number of nitro groups is 1. The Morgan fingerprint density at radius 1 is 1.22 bits per heavy atom. The quantitative estimate of drug-likeness (QED) is 0.516. The molecule has 0 spiro atoms. The molecular weight excluding hydrogens is 346 g/mol. The van der Waals surface area contributed by atoms with Gasteiger partial charge in [0.15, 0.2) is 11.5 Å². The van der Waals surface area contributed by atoms with Crippen molar-refractivity contribution in [2.24, 2.45) is 0 Å². The molecular formula is C20H19N3O4. The molecule has 7 nitrogen and oxygen atoms in total. The van der Waals surface area contributed by atoms with Crippen molar-refractivity contribution >= 4 is 22.7 Å². The Morgan fingerprint density at radius 2 is 1.96 bits per heavy atom. The van der Waals surface area contributed by atoms with Crippen LogP contribution < -0.4 is 0 Å². The lowest BCUT2D eigenvalue weighted by atomic mass is 9.96. The average Bonchev–Trinajstić information content (AvgIpc) is 3.12. The number of para-hydroxylation sites is 2. The van der Waals surface area contributed by atoms with Crippen LogP contribution in [0.2, 0.25) is 0 Å². The third-order valence-corrected chi connectivity index (χ3v) is 5.09. The zero-order valence-corrected chi connectivity index (χ0v) is 14.9. The molecule has 0 bridgehead atoms. The molecule has 1 aromatic heterocycles. The second-order valence-electron chi connectivity index (χ2n) is 6.84. The van der Waals surface area contributed by atoms with Gasteiger partial charge in [0.2, 0.25) is 0 Å². The van der Waals surface area contributed by atoms with E-state index in [1.807, 2.05) is 24.3 Å². The van der Waals surface area contributed by atoms with Gasteiger partial charge in [-0.1, -0.05) is 18.2 Å². The first-order valence-corrected chi connectivity index (χ1v) is 8.92. The van der Waals surface area contributed by atoms with E-state index in [0.29, 0.717) is 30.1 Å². The maximum Gasteiger partial charge on any atom is 0.273 e. The van der Waals surface area contributed by atoms with Gasteiger partial charge in [0, 0.05) is 36.2 Å². The first-order valence-electron chi connectivity index (χ1n) is 8.92. The Morgan fingerprint density at radius 3 is 2.67 bits per heavy atom. The Labute approximate surface area is 155 Å². The highest BCUT2D eigenvalue weighted by Gasteiger charge is 2.28. The molecule has 0 saturated carbocycles. The monoisotopic (exact) mass is 365 g/mol. The van der Waals surface area contributed by atoms with Gasteiger partial charge in [0.05, 0.1) is 4.92 Å². The van der Waals surface area contributed by atoms with E-state index in [4.69, 9.17) is 4.42 Å². The van der Waals surface area contributed by atoms with Gasteiger partial charge < -0.3 is 9.32 Å². The van der Waals surface area contributed by atoms with Crippen LogP contribution in [0.5, 0.6) is 0 Å². The number of carbonyl (C=O) groups is 1. The van der Waals surface area contributed by atoms with Crippen molar-refractivity contribution in [3.05, 3.63) is 69.6 Å². The van der Waals surface area contributed by atoms with Crippen LogP contribution in [-0.2, 0) is 0 Å². The molecule has 2 heterocycles. The first kappa shape index (κ1) is 17.2. The molecule has 1 saturated heterocycles. The van der Waals surface area contributed by atoms with Crippen LogP contribution in [0.25, 0.3) is 11.1 Å². The van der Waals surface area contributed by atoms with Crippen LogP contribution in [0, 0.1) is 17.0 Å². The SMILES string of the molecule is Cc1ccc(C(=O)N2CCC(c3nc4ccccc4o3)CC2)cc1[N+](=O)[O-]. The van der Waals surface area contributed by atoms with Crippen LogP contribution in [0.15, 0.2) is 46.9 Å². The topological polar surface area (TPSA) is 89.5 Å². The summed E-state index contributed by atoms with van der Waals surface area (Å²) in [6.07, 6.45) is 1.51. The molecule has 0 radical (unpaired) electrons. The van der Waals surface area contributed by atoms with Crippen LogP contribution >= 0.6 is 0 Å². The van der Waals surface area contributed by atoms with Crippen molar-refractivity contribution in [1.82, 2.24) is 9.88 Å². The Bertz CT molecular complexity index is 986. The molecule has 3 aromatic rings. The van der Waals surface area contributed by atoms with Gasteiger partial charge in [0.25, 0.3) is 11.6 Å². The van der Waals surface area contributed by atoms with Crippen molar-refractivity contribution in [3.8, 4) is 0 Å². The fourth-order valence-corrected chi connectivity index (χ4v) is 3.52. The number of hydrogen-bond acceptors (Lipinski definition) is 5. The standard InChI is InChI=1S/C20H19N3O4/c1-13-6-7-15(12-17(13)23(25)26)20(24)22-10-8-14(9-11-22)19-21-16-4-2-3-5-18(16)27-19/h2-7,12,14H,8-11H2,1H3. The Kier molecular flexibility index (Phi) is 4.35. The predicted octanol–water partition coefficient (Wildman–Crippen LogP) is 4.06. The first-order chi connectivity index (χ1) is 13.0. The second-order valence-corrected chi connectivity index (χ2v) is 6.84. The largest absolute Gasteiger partial charge is 0.440 e. The van der Waals surface area contributed by atoms with E-state index in [1.165, 1.54) is 6.07 Å². The predicted molar refractivity (Wildman–Crippen MR) is 99.7 cm³/mol. The highest BCUT2D eigenvalue weighted by atomic mass is 16.6. The molecule has 1 aliphatic rings. The zero-order chi connectivity index (χ0) is 19.0. The second kappa shape index (κ2) is 6.83. The minimum absolute atomic E-state index is 0.0257. The van der Waals surface area contributed by atoms with Gasteiger partial charge in [0.1, 0.15) is 5.52 Å². The number of rotatable bonds is 3. The van der Waals surface area contributed by atoms with Gasteiger partial charge in [-0.2, -0.15) is 0 Å². The molecule has 4 rings (SSSR count). The lowest BCUT2D eigenvalue weighted by Crippen LogP contribution is -2.38. The third kappa shape index (κ3) is 3.28. The molecule has 0 aliphatic carbocycles. The third-order valence-electron chi connectivity index (χ3n) is 5.09. The number of oxazole rings is 1. The number of piperidine rings is 1. The maximum atomic E-state index is 12.7. The summed E-state index contributed by atoms with van der Waals surface area (Å²) < 4.78 is 5.85. The van der Waals surface area contributed by atoms with Crippen LogP contribution in [0.4, 0.5) is 5.69 Å². The molecule has 0 atom stereocenters. The van der Waals surface area contributed by atoms with E-state index in [-0.39, 0.29) is 17.5 Å². The van der Waals surface area contributed by atoms with E-state index in [0.717, 1.165) is 23.9 Å². The minimum atomic E-state index is -0.453. The van der Waals surface area contributed by atoms with Gasteiger partial charge in [-0.15, -0.1) is 0 Å². The number of carbonyl (C=O) groups excluding carboxylic acids is 1. The molecule has 1 aliphatic heterocycles. The number of aromatic nitrogens is 1. The van der Waals surface area contributed by atoms with Crippen molar-refractivity contribution in [2.45, 2.75) is 25.7 Å². The van der Waals surface area contributed by atoms with Gasteiger partial charge in [-0.25, -0.2) is 4.98 Å². The lowest BCUT2D eigenvalue weighted by molar-refractivity contribution is -0.385. The average molecular weight is 365 g/mol. The number of nitro benzene ring substituents is 1. The van der Waals surface area contributed by atoms with Crippen molar-refractivity contribution < 1.29 is 14.1 Å². The summed E-state index contributed by atoms with van der Waals surface area (Å²) >= 11 is 0. The highest BCUT2D eigenvalue weighted by Crippen LogP contribution is 2.30. The smallest absolute Gasteiger partial charge is 0.273 e. The van der Waals surface area contributed by atoms with Crippen molar-refractivity contribution in [1.29, 1.82) is 0 Å². The van der Waals surface area contributed by atoms with Gasteiger partial charge >= 0.3 is 0 Å². The molecule has 2 aromatic carbocycles.